The Hall–Kier alpha value is -2.97. The fourth-order valence-electron chi connectivity index (χ4n) is 2.85. The van der Waals surface area contributed by atoms with Crippen LogP contribution in [0.15, 0.2) is 40.8 Å². The number of hydrogen-bond acceptors (Lipinski definition) is 6. The Morgan fingerprint density at radius 1 is 1.06 bits per heavy atom. The second-order valence-corrected chi connectivity index (χ2v) is 9.15. The van der Waals surface area contributed by atoms with Gasteiger partial charge in [0.1, 0.15) is 5.75 Å². The number of nitrogens with one attached hydrogen (secondary N) is 2. The van der Waals surface area contributed by atoms with Crippen LogP contribution < -0.4 is 10.7 Å². The van der Waals surface area contributed by atoms with Gasteiger partial charge in [0.05, 0.1) is 25.9 Å². The molecular formula is C23H25N3O3S2. The van der Waals surface area contributed by atoms with E-state index in [1.807, 2.05) is 44.4 Å². The van der Waals surface area contributed by atoms with Crippen molar-refractivity contribution < 1.29 is 14.7 Å². The molecule has 3 rings (SSSR count). The molecule has 0 fully saturated rings. The van der Waals surface area contributed by atoms with E-state index < -0.39 is 5.91 Å². The van der Waals surface area contributed by atoms with E-state index in [-0.39, 0.29) is 11.7 Å². The van der Waals surface area contributed by atoms with Crippen LogP contribution in [-0.4, -0.2) is 29.2 Å². The van der Waals surface area contributed by atoms with Gasteiger partial charge < -0.3 is 10.4 Å². The predicted molar refractivity (Wildman–Crippen MR) is 128 cm³/mol. The monoisotopic (exact) mass is 455 g/mol. The first-order valence-corrected chi connectivity index (χ1v) is 11.6. The summed E-state index contributed by atoms with van der Waals surface area (Å²) in [7, 11) is 0. The molecule has 0 atom stereocenters. The summed E-state index contributed by atoms with van der Waals surface area (Å²) < 4.78 is 0. The van der Waals surface area contributed by atoms with Crippen molar-refractivity contribution in [3.8, 4) is 16.2 Å². The van der Waals surface area contributed by atoms with Gasteiger partial charge in [-0.2, -0.15) is 5.10 Å². The molecule has 0 aliphatic carbocycles. The van der Waals surface area contributed by atoms with E-state index in [2.05, 4.69) is 15.8 Å². The maximum atomic E-state index is 12.4. The van der Waals surface area contributed by atoms with E-state index in [9.17, 15) is 14.7 Å². The Balaban J connectivity index is 1.72. The number of hydrazone groups is 1. The molecule has 0 unspecified atom stereocenters. The van der Waals surface area contributed by atoms with Crippen molar-refractivity contribution in [2.75, 3.05) is 6.54 Å². The molecule has 6 nitrogen and oxygen atoms in total. The lowest BCUT2D eigenvalue weighted by Gasteiger charge is -2.05. The molecule has 0 radical (unpaired) electrons. The van der Waals surface area contributed by atoms with Crippen molar-refractivity contribution in [2.45, 2.75) is 34.1 Å². The maximum Gasteiger partial charge on any atom is 0.281 e. The van der Waals surface area contributed by atoms with E-state index in [0.29, 0.717) is 27.6 Å². The zero-order valence-electron chi connectivity index (χ0n) is 17.9. The molecule has 0 saturated carbocycles. The minimum absolute atomic E-state index is 0.148. The Bertz CT molecular complexity index is 1140. The van der Waals surface area contributed by atoms with Crippen molar-refractivity contribution in [3.05, 3.63) is 62.2 Å². The van der Waals surface area contributed by atoms with Crippen molar-refractivity contribution in [1.29, 1.82) is 0 Å². The number of amides is 2. The van der Waals surface area contributed by atoms with Crippen molar-refractivity contribution in [2.24, 2.45) is 5.10 Å². The molecule has 0 aliphatic heterocycles. The molecular weight excluding hydrogens is 430 g/mol. The number of aryl methyl sites for hydroxylation is 2. The van der Waals surface area contributed by atoms with Crippen molar-refractivity contribution in [1.82, 2.24) is 10.7 Å². The van der Waals surface area contributed by atoms with Crippen LogP contribution in [0.5, 0.6) is 5.75 Å². The lowest BCUT2D eigenvalue weighted by molar-refractivity contribution is 0.0951. The van der Waals surface area contributed by atoms with Crippen LogP contribution in [0.25, 0.3) is 10.4 Å². The third kappa shape index (κ3) is 5.21. The molecule has 0 saturated heterocycles. The zero-order chi connectivity index (χ0) is 22.5. The molecule has 8 heteroatoms. The summed E-state index contributed by atoms with van der Waals surface area (Å²) in [6, 6.07) is 9.29. The summed E-state index contributed by atoms with van der Waals surface area (Å²) in [5.41, 5.74) is 6.87. The third-order valence-electron chi connectivity index (χ3n) is 4.84. The largest absolute Gasteiger partial charge is 0.506 e. The Morgan fingerprint density at radius 2 is 1.77 bits per heavy atom. The Morgan fingerprint density at radius 3 is 2.45 bits per heavy atom. The van der Waals surface area contributed by atoms with Gasteiger partial charge in [-0.1, -0.05) is 25.1 Å². The van der Waals surface area contributed by atoms with E-state index in [4.69, 9.17) is 0 Å². The second-order valence-electron chi connectivity index (χ2n) is 7.18. The summed E-state index contributed by atoms with van der Waals surface area (Å²) in [6.07, 6.45) is 0.846. The van der Waals surface area contributed by atoms with Gasteiger partial charge in [-0.15, -0.1) is 22.7 Å². The quantitative estimate of drug-likeness (QED) is 0.342. The minimum Gasteiger partial charge on any atom is -0.506 e. The number of benzene rings is 1. The number of carbonyl (C=O) groups is 2. The smallest absolute Gasteiger partial charge is 0.281 e. The molecule has 2 aromatic heterocycles. The number of rotatable bonds is 7. The van der Waals surface area contributed by atoms with Gasteiger partial charge in [0, 0.05) is 11.9 Å². The first-order chi connectivity index (χ1) is 14.8. The van der Waals surface area contributed by atoms with E-state index in [1.54, 1.807) is 19.1 Å². The topological polar surface area (TPSA) is 90.8 Å². The standard InChI is InChI=1S/C23H25N3O3S2/c1-5-10-24-22(28)18-8-9-19(31-18)23(29)26-25-15(4)17-12-30-21(20(17)27)16-7-6-13(2)14(3)11-16/h6-9,11-12,27H,5,10H2,1-4H3,(H,24,28)(H,26,29). The molecule has 3 N–H and O–H groups in total. The SMILES string of the molecule is CCCNC(=O)c1ccc(C(=O)NN=C(C)c2csc(-c3ccc(C)c(C)c3)c2O)s1. The highest BCUT2D eigenvalue weighted by atomic mass is 32.1. The van der Waals surface area contributed by atoms with Gasteiger partial charge in [-0.05, 0) is 56.0 Å². The second kappa shape index (κ2) is 9.89. The molecule has 2 amide bonds. The van der Waals surface area contributed by atoms with Gasteiger partial charge in [0.15, 0.2) is 0 Å². The van der Waals surface area contributed by atoms with Crippen molar-refractivity contribution >= 4 is 40.2 Å². The highest BCUT2D eigenvalue weighted by molar-refractivity contribution is 7.16. The Labute approximate surface area is 189 Å². The zero-order valence-corrected chi connectivity index (χ0v) is 19.5. The van der Waals surface area contributed by atoms with Crippen LogP contribution in [0.4, 0.5) is 0 Å². The minimum atomic E-state index is -0.400. The average Bonchev–Trinajstić information content (AvgIpc) is 3.39. The van der Waals surface area contributed by atoms with Crippen LogP contribution >= 0.6 is 22.7 Å². The maximum absolute atomic E-state index is 12.4. The van der Waals surface area contributed by atoms with Crippen LogP contribution in [0, 0.1) is 13.8 Å². The highest BCUT2D eigenvalue weighted by Crippen LogP contribution is 2.39. The number of aromatic hydroxyl groups is 1. The van der Waals surface area contributed by atoms with Crippen LogP contribution in [-0.2, 0) is 0 Å². The molecule has 162 valence electrons. The van der Waals surface area contributed by atoms with Gasteiger partial charge in [0.25, 0.3) is 11.8 Å². The van der Waals surface area contributed by atoms with Crippen molar-refractivity contribution in [3.63, 3.8) is 0 Å². The van der Waals surface area contributed by atoms with E-state index in [1.165, 1.54) is 16.9 Å². The molecule has 3 aromatic rings. The van der Waals surface area contributed by atoms with E-state index in [0.717, 1.165) is 33.8 Å². The molecule has 0 bridgehead atoms. The average molecular weight is 456 g/mol. The molecule has 0 aliphatic rings. The van der Waals surface area contributed by atoms with Crippen LogP contribution in [0.2, 0.25) is 0 Å². The number of thiophene rings is 2. The highest BCUT2D eigenvalue weighted by Gasteiger charge is 2.17. The normalized spacial score (nSPS) is 11.4. The molecule has 0 spiro atoms. The fraction of sp³-hybridized carbons (Fsp3) is 0.261. The lowest BCUT2D eigenvalue weighted by atomic mass is 10.0. The van der Waals surface area contributed by atoms with Gasteiger partial charge in [-0.3, -0.25) is 9.59 Å². The summed E-state index contributed by atoms with van der Waals surface area (Å²) in [6.45, 7) is 8.38. The van der Waals surface area contributed by atoms with Gasteiger partial charge in [-0.25, -0.2) is 5.43 Å². The fourth-order valence-corrected chi connectivity index (χ4v) is 4.67. The summed E-state index contributed by atoms with van der Waals surface area (Å²) >= 11 is 2.54. The number of nitrogens with zero attached hydrogens (tertiary/aromatic N) is 1. The summed E-state index contributed by atoms with van der Waals surface area (Å²) in [5.74, 6) is -0.439. The first kappa shape index (κ1) is 22.7. The Kier molecular flexibility index (Phi) is 7.25. The summed E-state index contributed by atoms with van der Waals surface area (Å²) in [4.78, 5) is 26.0. The molecule has 2 heterocycles. The van der Waals surface area contributed by atoms with Gasteiger partial charge >= 0.3 is 0 Å². The van der Waals surface area contributed by atoms with Gasteiger partial charge in [0.2, 0.25) is 0 Å². The first-order valence-electron chi connectivity index (χ1n) is 9.93. The molecule has 31 heavy (non-hydrogen) atoms. The van der Waals surface area contributed by atoms with Crippen LogP contribution in [0.1, 0.15) is 56.3 Å². The third-order valence-corrected chi connectivity index (χ3v) is 6.94. The number of carbonyl (C=O) groups excluding carboxylic acids is 2. The number of hydrogen-bond donors (Lipinski definition) is 3. The van der Waals surface area contributed by atoms with Crippen LogP contribution in [0.3, 0.4) is 0 Å². The predicted octanol–water partition coefficient (Wildman–Crippen LogP) is 5.09. The molecule has 1 aromatic carbocycles. The lowest BCUT2D eigenvalue weighted by Crippen LogP contribution is -2.23. The van der Waals surface area contributed by atoms with E-state index >= 15 is 0 Å². The summed E-state index contributed by atoms with van der Waals surface area (Å²) in [5, 5.41) is 19.5.